The predicted molar refractivity (Wildman–Crippen MR) is 67.5 cm³/mol. The number of aliphatic hydroxyl groups excluding tert-OH is 1. The lowest BCUT2D eigenvalue weighted by atomic mass is 10.1. The van der Waals surface area contributed by atoms with Gasteiger partial charge in [0.15, 0.2) is 11.6 Å². The zero-order valence-electron chi connectivity index (χ0n) is 10.0. The third-order valence-electron chi connectivity index (χ3n) is 2.54. The summed E-state index contributed by atoms with van der Waals surface area (Å²) in [4.78, 5) is 1.08. The Balaban J connectivity index is 2.35. The summed E-state index contributed by atoms with van der Waals surface area (Å²) in [5.41, 5.74) is 0.412. The third-order valence-corrected chi connectivity index (χ3v) is 3.62. The summed E-state index contributed by atoms with van der Waals surface area (Å²) in [5.74, 6) is -2.31. The van der Waals surface area contributed by atoms with Gasteiger partial charge in [-0.15, -0.1) is 0 Å². The Kier molecular flexibility index (Phi) is 4.17. The fraction of sp³-hybridized carbons (Fsp3) is 0.143. The summed E-state index contributed by atoms with van der Waals surface area (Å²) in [6, 6.07) is 7.51. The largest absolute Gasteiger partial charge is 0.389 e. The summed E-state index contributed by atoms with van der Waals surface area (Å²) in [7, 11) is 0. The average Bonchev–Trinajstić information content (AvgIpc) is 2.36. The highest BCUT2D eigenvalue weighted by molar-refractivity contribution is 7.99. The van der Waals surface area contributed by atoms with Crippen molar-refractivity contribution in [3.63, 3.8) is 0 Å². The van der Waals surface area contributed by atoms with Gasteiger partial charge in [0, 0.05) is 9.79 Å². The zero-order chi connectivity index (χ0) is 14.0. The van der Waals surface area contributed by atoms with E-state index in [1.165, 1.54) is 31.2 Å². The van der Waals surface area contributed by atoms with E-state index in [9.17, 15) is 18.3 Å². The quantitative estimate of drug-likeness (QED) is 0.906. The molecule has 0 amide bonds. The molecule has 0 aliphatic heterocycles. The van der Waals surface area contributed by atoms with Crippen molar-refractivity contribution in [3.05, 3.63) is 59.4 Å². The Morgan fingerprint density at radius 1 is 1.00 bits per heavy atom. The van der Waals surface area contributed by atoms with Crippen LogP contribution in [0.5, 0.6) is 0 Å². The van der Waals surface area contributed by atoms with E-state index < -0.39 is 23.6 Å². The molecule has 1 unspecified atom stereocenters. The van der Waals surface area contributed by atoms with Crippen LogP contribution in [0.15, 0.2) is 46.2 Å². The Morgan fingerprint density at radius 3 is 2.37 bits per heavy atom. The first-order valence-electron chi connectivity index (χ1n) is 5.58. The first-order chi connectivity index (χ1) is 8.97. The maximum Gasteiger partial charge on any atom is 0.159 e. The van der Waals surface area contributed by atoms with Crippen molar-refractivity contribution in [2.75, 3.05) is 0 Å². The van der Waals surface area contributed by atoms with Gasteiger partial charge in [-0.1, -0.05) is 11.8 Å². The van der Waals surface area contributed by atoms with Crippen LogP contribution in [0.25, 0.3) is 0 Å². The van der Waals surface area contributed by atoms with Crippen molar-refractivity contribution in [1.82, 2.24) is 0 Å². The van der Waals surface area contributed by atoms with Gasteiger partial charge in [-0.25, -0.2) is 13.2 Å². The van der Waals surface area contributed by atoms with Gasteiger partial charge >= 0.3 is 0 Å². The van der Waals surface area contributed by atoms with Crippen LogP contribution in [-0.4, -0.2) is 5.11 Å². The van der Waals surface area contributed by atoms with E-state index in [2.05, 4.69) is 0 Å². The Bertz CT molecular complexity index is 599. The van der Waals surface area contributed by atoms with Crippen LogP contribution in [0.1, 0.15) is 18.6 Å². The van der Waals surface area contributed by atoms with Crippen molar-refractivity contribution in [3.8, 4) is 0 Å². The summed E-state index contributed by atoms with van der Waals surface area (Å²) in [6.07, 6.45) is -0.844. The van der Waals surface area contributed by atoms with Crippen LogP contribution in [0.4, 0.5) is 13.2 Å². The van der Waals surface area contributed by atoms with Crippen LogP contribution in [0.2, 0.25) is 0 Å². The van der Waals surface area contributed by atoms with E-state index >= 15 is 0 Å². The van der Waals surface area contributed by atoms with Crippen molar-refractivity contribution in [2.24, 2.45) is 0 Å². The second-order valence-electron chi connectivity index (χ2n) is 4.04. The van der Waals surface area contributed by atoms with Gasteiger partial charge in [0.05, 0.1) is 6.10 Å². The molecule has 1 N–H and O–H groups in total. The highest BCUT2D eigenvalue weighted by Gasteiger charge is 2.12. The minimum absolute atomic E-state index is 0.412. The maximum atomic E-state index is 13.1. The molecule has 0 aliphatic carbocycles. The second kappa shape index (κ2) is 5.67. The molecule has 1 atom stereocenters. The summed E-state index contributed by atoms with van der Waals surface area (Å²) in [5, 5.41) is 9.59. The molecule has 0 saturated carbocycles. The highest BCUT2D eigenvalue weighted by atomic mass is 32.2. The molecule has 100 valence electrons. The standard InChI is InChI=1S/C14H11F3OS/c1-8(18)11-6-9(15)2-5-14(11)19-10-3-4-12(16)13(17)7-10/h2-8,18H,1H3. The molecule has 0 fully saturated rings. The molecule has 0 heterocycles. The SMILES string of the molecule is CC(O)c1cc(F)ccc1Sc1ccc(F)c(F)c1. The number of hydrogen-bond donors (Lipinski definition) is 1. The Hall–Kier alpha value is -1.46. The molecule has 19 heavy (non-hydrogen) atoms. The van der Waals surface area contributed by atoms with Gasteiger partial charge in [0.2, 0.25) is 0 Å². The molecule has 1 nitrogen and oxygen atoms in total. The van der Waals surface area contributed by atoms with Gasteiger partial charge < -0.3 is 5.11 Å². The van der Waals surface area contributed by atoms with Gasteiger partial charge in [-0.2, -0.15) is 0 Å². The summed E-state index contributed by atoms with van der Waals surface area (Å²) >= 11 is 1.14. The molecular weight excluding hydrogens is 273 g/mol. The minimum atomic E-state index is -0.939. The van der Waals surface area contributed by atoms with Crippen molar-refractivity contribution in [1.29, 1.82) is 0 Å². The van der Waals surface area contributed by atoms with Crippen molar-refractivity contribution < 1.29 is 18.3 Å². The summed E-state index contributed by atoms with van der Waals surface area (Å²) in [6.45, 7) is 1.52. The normalized spacial score (nSPS) is 12.5. The molecule has 5 heteroatoms. The van der Waals surface area contributed by atoms with Crippen molar-refractivity contribution in [2.45, 2.75) is 22.8 Å². The lowest BCUT2D eigenvalue weighted by Crippen LogP contribution is -1.95. The summed E-state index contributed by atoms with van der Waals surface area (Å²) < 4.78 is 39.1. The lowest BCUT2D eigenvalue weighted by Gasteiger charge is -2.11. The monoisotopic (exact) mass is 284 g/mol. The Labute approximate surface area is 113 Å². The number of benzene rings is 2. The fourth-order valence-corrected chi connectivity index (χ4v) is 2.64. The van der Waals surface area contributed by atoms with Crippen LogP contribution >= 0.6 is 11.8 Å². The van der Waals surface area contributed by atoms with E-state index in [0.29, 0.717) is 15.4 Å². The third kappa shape index (κ3) is 3.30. The Morgan fingerprint density at radius 2 is 1.74 bits per heavy atom. The van der Waals surface area contributed by atoms with Crippen LogP contribution in [0.3, 0.4) is 0 Å². The fourth-order valence-electron chi connectivity index (χ4n) is 1.61. The van der Waals surface area contributed by atoms with Crippen molar-refractivity contribution >= 4 is 11.8 Å². The van der Waals surface area contributed by atoms with Crippen LogP contribution in [-0.2, 0) is 0 Å². The van der Waals surface area contributed by atoms with E-state index in [0.717, 1.165) is 23.9 Å². The molecule has 0 radical (unpaired) electrons. The van der Waals surface area contributed by atoms with Gasteiger partial charge in [-0.3, -0.25) is 0 Å². The lowest BCUT2D eigenvalue weighted by molar-refractivity contribution is 0.196. The zero-order valence-corrected chi connectivity index (χ0v) is 10.8. The smallest absolute Gasteiger partial charge is 0.159 e. The molecule has 0 spiro atoms. The van der Waals surface area contributed by atoms with E-state index in [-0.39, 0.29) is 0 Å². The highest BCUT2D eigenvalue weighted by Crippen LogP contribution is 2.34. The minimum Gasteiger partial charge on any atom is -0.389 e. The molecular formula is C14H11F3OS. The first-order valence-corrected chi connectivity index (χ1v) is 6.39. The second-order valence-corrected chi connectivity index (χ2v) is 5.15. The number of halogens is 3. The molecule has 2 rings (SSSR count). The number of aliphatic hydroxyl groups is 1. The number of hydrogen-bond acceptors (Lipinski definition) is 2. The molecule has 0 bridgehead atoms. The maximum absolute atomic E-state index is 13.1. The first kappa shape index (κ1) is 14.0. The van der Waals surface area contributed by atoms with Gasteiger partial charge in [0.1, 0.15) is 5.82 Å². The molecule has 0 saturated heterocycles. The van der Waals surface area contributed by atoms with Crippen LogP contribution < -0.4 is 0 Å². The average molecular weight is 284 g/mol. The van der Waals surface area contributed by atoms with E-state index in [1.54, 1.807) is 0 Å². The van der Waals surface area contributed by atoms with Gasteiger partial charge in [0.25, 0.3) is 0 Å². The number of rotatable bonds is 3. The van der Waals surface area contributed by atoms with E-state index in [4.69, 9.17) is 0 Å². The predicted octanol–water partition coefficient (Wildman–Crippen LogP) is 4.31. The van der Waals surface area contributed by atoms with Gasteiger partial charge in [-0.05, 0) is 48.9 Å². The van der Waals surface area contributed by atoms with Crippen LogP contribution in [0, 0.1) is 17.5 Å². The molecule has 2 aromatic carbocycles. The van der Waals surface area contributed by atoms with E-state index in [1.807, 2.05) is 0 Å². The molecule has 0 aliphatic rings. The molecule has 2 aromatic rings. The molecule has 0 aromatic heterocycles. The topological polar surface area (TPSA) is 20.2 Å².